The fraction of sp³-hybridized carbons (Fsp3) is 0.571. The Labute approximate surface area is 120 Å². The second kappa shape index (κ2) is 5.08. The van der Waals surface area contributed by atoms with Crippen molar-refractivity contribution in [3.8, 4) is 0 Å². The molecule has 1 spiro atoms. The first-order valence-electron chi connectivity index (χ1n) is 6.69. The van der Waals surface area contributed by atoms with Gasteiger partial charge in [-0.25, -0.2) is 0 Å². The monoisotopic (exact) mass is 299 g/mol. The zero-order valence-corrected chi connectivity index (χ0v) is 12.3. The van der Waals surface area contributed by atoms with Gasteiger partial charge in [0.15, 0.2) is 0 Å². The molecule has 1 saturated heterocycles. The van der Waals surface area contributed by atoms with Gasteiger partial charge in [-0.15, -0.1) is 0 Å². The lowest BCUT2D eigenvalue weighted by Crippen LogP contribution is -2.48. The molecule has 0 radical (unpaired) electrons. The summed E-state index contributed by atoms with van der Waals surface area (Å²) in [5.41, 5.74) is 6.38. The summed E-state index contributed by atoms with van der Waals surface area (Å²) in [5.74, 6) is 0. The lowest BCUT2D eigenvalue weighted by Gasteiger charge is -2.46. The van der Waals surface area contributed by atoms with E-state index in [1.165, 1.54) is 6.42 Å². The summed E-state index contributed by atoms with van der Waals surface area (Å²) in [6.07, 6.45) is 5.14. The second-order valence-corrected chi connectivity index (χ2v) is 7.60. The predicted molar refractivity (Wildman–Crippen MR) is 77.8 cm³/mol. The normalized spacial score (nSPS) is 26.9. The molecule has 1 aliphatic heterocycles. The Morgan fingerprint density at radius 3 is 2.89 bits per heavy atom. The number of hydrogen-bond donors (Lipinski definition) is 1. The number of nitrogen functional groups attached to an aromatic ring is 1. The third-order valence-corrected chi connectivity index (χ3v) is 6.41. The van der Waals surface area contributed by atoms with Crippen molar-refractivity contribution >= 4 is 28.1 Å². The summed E-state index contributed by atoms with van der Waals surface area (Å²) in [4.78, 5) is 0.669. The molecule has 0 aromatic heterocycles. The van der Waals surface area contributed by atoms with E-state index in [4.69, 9.17) is 22.1 Å². The Morgan fingerprint density at radius 1 is 1.42 bits per heavy atom. The Kier molecular flexibility index (Phi) is 3.58. The van der Waals surface area contributed by atoms with Gasteiger partial charge in [0.2, 0.25) is 0 Å². The molecule has 0 bridgehead atoms. The van der Waals surface area contributed by atoms with Gasteiger partial charge in [0, 0.05) is 17.5 Å². The summed E-state index contributed by atoms with van der Waals surface area (Å²) >= 11 is 6.15. The summed E-state index contributed by atoms with van der Waals surface area (Å²) in [5, 5.41) is 0.676. The summed E-state index contributed by atoms with van der Waals surface area (Å²) in [6, 6.07) is 5.20. The van der Waals surface area contributed by atoms with E-state index in [9.17, 15) is 4.21 Å². The van der Waals surface area contributed by atoms with Crippen molar-refractivity contribution in [1.82, 2.24) is 0 Å². The molecule has 2 N–H and O–H groups in total. The van der Waals surface area contributed by atoms with Crippen molar-refractivity contribution in [1.29, 1.82) is 0 Å². The van der Waals surface area contributed by atoms with Crippen LogP contribution in [0, 0.1) is 0 Å². The number of halogens is 1. The van der Waals surface area contributed by atoms with E-state index >= 15 is 0 Å². The van der Waals surface area contributed by atoms with Crippen molar-refractivity contribution in [2.24, 2.45) is 0 Å². The molecule has 104 valence electrons. The highest BCUT2D eigenvalue weighted by Crippen LogP contribution is 2.44. The topological polar surface area (TPSA) is 52.3 Å². The number of rotatable bonds is 2. The lowest BCUT2D eigenvalue weighted by molar-refractivity contribution is -0.125. The van der Waals surface area contributed by atoms with Crippen LogP contribution >= 0.6 is 11.6 Å². The minimum absolute atomic E-state index is 0.00534. The average Bonchev–Trinajstić information content (AvgIpc) is 2.39. The molecule has 2 fully saturated rings. The first-order valence-corrected chi connectivity index (χ1v) is 8.28. The number of ether oxygens (including phenoxy) is 1. The number of hydrogen-bond acceptors (Lipinski definition) is 3. The van der Waals surface area contributed by atoms with Gasteiger partial charge in [0.25, 0.3) is 0 Å². The second-order valence-electron chi connectivity index (χ2n) is 5.49. The fourth-order valence-electron chi connectivity index (χ4n) is 2.94. The maximum absolute atomic E-state index is 12.7. The van der Waals surface area contributed by atoms with E-state index in [1.54, 1.807) is 18.2 Å². The van der Waals surface area contributed by atoms with Crippen LogP contribution in [0.4, 0.5) is 5.69 Å². The van der Waals surface area contributed by atoms with E-state index in [0.29, 0.717) is 22.2 Å². The molecular formula is C14H18ClNO2S. The van der Waals surface area contributed by atoms with Gasteiger partial charge in [0.1, 0.15) is 0 Å². The van der Waals surface area contributed by atoms with Crippen LogP contribution in [0.5, 0.6) is 0 Å². The largest absolute Gasteiger partial charge is 0.399 e. The number of benzene rings is 1. The minimum Gasteiger partial charge on any atom is -0.399 e. The molecular weight excluding hydrogens is 282 g/mol. The minimum atomic E-state index is -1.10. The van der Waals surface area contributed by atoms with Crippen molar-refractivity contribution in [3.05, 3.63) is 23.2 Å². The maximum atomic E-state index is 12.7. The average molecular weight is 300 g/mol. The Bertz CT molecular complexity index is 516. The van der Waals surface area contributed by atoms with Crippen LogP contribution in [-0.2, 0) is 15.5 Å². The van der Waals surface area contributed by atoms with Crippen LogP contribution in [0.1, 0.15) is 32.1 Å². The van der Waals surface area contributed by atoms with Gasteiger partial charge in [0.05, 0.1) is 26.3 Å². The molecule has 2 unspecified atom stereocenters. The van der Waals surface area contributed by atoms with E-state index in [2.05, 4.69) is 0 Å². The number of anilines is 1. The zero-order valence-electron chi connectivity index (χ0n) is 10.7. The molecule has 1 aliphatic carbocycles. The standard InChI is InChI=1S/C14H18ClNO2S/c15-12-3-2-10(16)8-13(12)19(17)11-4-7-18-14(9-11)5-1-6-14/h2-3,8,11H,1,4-7,9,16H2. The highest BCUT2D eigenvalue weighted by Gasteiger charge is 2.44. The SMILES string of the molecule is Nc1ccc(Cl)c(S(=O)C2CCOC3(CCC3)C2)c1. The number of nitrogens with two attached hydrogens (primary N) is 1. The zero-order chi connectivity index (χ0) is 13.5. The van der Waals surface area contributed by atoms with Crippen LogP contribution in [0.2, 0.25) is 5.02 Å². The highest BCUT2D eigenvalue weighted by atomic mass is 35.5. The van der Waals surface area contributed by atoms with Gasteiger partial charge in [-0.1, -0.05) is 11.6 Å². The van der Waals surface area contributed by atoms with Crippen LogP contribution in [0.15, 0.2) is 23.1 Å². The first-order chi connectivity index (χ1) is 9.10. The maximum Gasteiger partial charge on any atom is 0.0694 e. The Hall–Kier alpha value is -0.580. The van der Waals surface area contributed by atoms with Crippen molar-refractivity contribution in [2.45, 2.75) is 47.9 Å². The Morgan fingerprint density at radius 2 is 2.21 bits per heavy atom. The molecule has 1 heterocycles. The van der Waals surface area contributed by atoms with Crippen molar-refractivity contribution in [2.75, 3.05) is 12.3 Å². The van der Waals surface area contributed by atoms with E-state index in [-0.39, 0.29) is 10.9 Å². The molecule has 0 amide bonds. The van der Waals surface area contributed by atoms with Gasteiger partial charge >= 0.3 is 0 Å². The predicted octanol–water partition coefficient (Wildman–Crippen LogP) is 3.13. The van der Waals surface area contributed by atoms with Crippen LogP contribution < -0.4 is 5.73 Å². The molecule has 1 saturated carbocycles. The quantitative estimate of drug-likeness (QED) is 0.854. The highest BCUT2D eigenvalue weighted by molar-refractivity contribution is 7.85. The summed E-state index contributed by atoms with van der Waals surface area (Å²) in [7, 11) is -1.10. The van der Waals surface area contributed by atoms with Gasteiger partial charge in [-0.05, 0) is 50.3 Å². The first kappa shape index (κ1) is 13.4. The van der Waals surface area contributed by atoms with E-state index < -0.39 is 10.8 Å². The molecule has 2 aliphatic rings. The molecule has 5 heteroatoms. The van der Waals surface area contributed by atoms with Gasteiger partial charge in [-0.2, -0.15) is 0 Å². The molecule has 1 aromatic rings. The summed E-state index contributed by atoms with van der Waals surface area (Å²) in [6.45, 7) is 0.705. The van der Waals surface area contributed by atoms with Crippen molar-refractivity contribution in [3.63, 3.8) is 0 Å². The third kappa shape index (κ3) is 2.54. The third-order valence-electron chi connectivity index (χ3n) is 4.19. The Balaban J connectivity index is 1.81. The van der Waals surface area contributed by atoms with Gasteiger partial charge in [-0.3, -0.25) is 4.21 Å². The van der Waals surface area contributed by atoms with Crippen LogP contribution in [0.25, 0.3) is 0 Å². The molecule has 3 rings (SSSR count). The fourth-order valence-corrected chi connectivity index (χ4v) is 4.92. The molecule has 3 nitrogen and oxygen atoms in total. The summed E-state index contributed by atoms with van der Waals surface area (Å²) < 4.78 is 18.6. The van der Waals surface area contributed by atoms with Gasteiger partial charge < -0.3 is 10.5 Å². The molecule has 1 aromatic carbocycles. The lowest BCUT2D eigenvalue weighted by atomic mass is 9.75. The van der Waals surface area contributed by atoms with E-state index in [0.717, 1.165) is 25.7 Å². The van der Waals surface area contributed by atoms with Crippen LogP contribution in [-0.4, -0.2) is 21.7 Å². The van der Waals surface area contributed by atoms with Crippen molar-refractivity contribution < 1.29 is 8.95 Å². The smallest absolute Gasteiger partial charge is 0.0694 e. The molecule has 2 atom stereocenters. The van der Waals surface area contributed by atoms with Crippen LogP contribution in [0.3, 0.4) is 0 Å². The molecule has 19 heavy (non-hydrogen) atoms. The van der Waals surface area contributed by atoms with E-state index in [1.807, 2.05) is 0 Å².